The van der Waals surface area contributed by atoms with E-state index in [-0.39, 0.29) is 50.9 Å². The van der Waals surface area contributed by atoms with E-state index in [0.717, 1.165) is 16.0 Å². The molecule has 1 N–H and O–H groups in total. The molecule has 1 fully saturated rings. The van der Waals surface area contributed by atoms with Gasteiger partial charge in [-0.1, -0.05) is 36.4 Å². The van der Waals surface area contributed by atoms with Gasteiger partial charge in [-0.2, -0.15) is 0 Å². The van der Waals surface area contributed by atoms with Crippen LogP contribution in [0.25, 0.3) is 11.1 Å². The van der Waals surface area contributed by atoms with Crippen LogP contribution in [0.2, 0.25) is 0 Å². The average Bonchev–Trinajstić information content (AvgIpc) is 2.94. The number of halogens is 1. The van der Waals surface area contributed by atoms with E-state index in [1.54, 1.807) is 54.5 Å². The van der Waals surface area contributed by atoms with E-state index in [2.05, 4.69) is 0 Å². The Morgan fingerprint density at radius 2 is 1.59 bits per heavy atom. The van der Waals surface area contributed by atoms with Crippen LogP contribution in [0.5, 0.6) is 0 Å². The molecule has 3 rings (SSSR count). The largest absolute Gasteiger partial charge is 0.480 e. The second kappa shape index (κ2) is 15.1. The minimum Gasteiger partial charge on any atom is -0.480 e. The molecule has 1 aliphatic rings. The molecule has 0 radical (unpaired) electrons. The lowest BCUT2D eigenvalue weighted by atomic mass is 9.97. The van der Waals surface area contributed by atoms with Gasteiger partial charge in [-0.3, -0.25) is 14.3 Å². The fourth-order valence-corrected chi connectivity index (χ4v) is 8.51. The Morgan fingerprint density at radius 3 is 2.13 bits per heavy atom. The van der Waals surface area contributed by atoms with Crippen LogP contribution < -0.4 is 0 Å². The zero-order chi connectivity index (χ0) is 34.3. The Hall–Kier alpha value is -3.27. The maximum absolute atomic E-state index is 14.3. The Kier molecular flexibility index (Phi) is 12.2. The summed E-state index contributed by atoms with van der Waals surface area (Å²) in [7, 11) is -3.69. The van der Waals surface area contributed by atoms with E-state index in [4.69, 9.17) is 14.0 Å². The number of unbranched alkanes of at least 4 members (excludes halogenated alkanes) is 1. The third-order valence-electron chi connectivity index (χ3n) is 7.58. The van der Waals surface area contributed by atoms with Crippen molar-refractivity contribution in [2.24, 2.45) is 0 Å². The first-order valence-corrected chi connectivity index (χ1v) is 17.5. The van der Waals surface area contributed by atoms with Gasteiger partial charge < -0.3 is 19.1 Å². The van der Waals surface area contributed by atoms with Crippen molar-refractivity contribution in [3.8, 4) is 11.1 Å². The lowest BCUT2D eigenvalue weighted by Gasteiger charge is -2.45. The van der Waals surface area contributed by atoms with Crippen molar-refractivity contribution in [1.82, 2.24) is 9.80 Å². The van der Waals surface area contributed by atoms with E-state index in [1.807, 2.05) is 35.2 Å². The third-order valence-corrected chi connectivity index (χ3v) is 10.9. The normalized spacial score (nSPS) is 20.6. The number of amides is 2. The molecule has 0 aliphatic carbocycles. The summed E-state index contributed by atoms with van der Waals surface area (Å²) in [5, 5.41) is 8.93. The molecule has 0 saturated carbocycles. The van der Waals surface area contributed by atoms with Gasteiger partial charge in [0.05, 0.1) is 6.61 Å². The second-order valence-electron chi connectivity index (χ2n) is 13.6. The summed E-state index contributed by atoms with van der Waals surface area (Å²) in [6.07, 6.45) is -1.27. The molecule has 0 aromatic heterocycles. The van der Waals surface area contributed by atoms with Crippen LogP contribution in [0, 0.1) is 5.82 Å². The summed E-state index contributed by atoms with van der Waals surface area (Å²) in [4.78, 5) is 41.7. The molecule has 46 heavy (non-hydrogen) atoms. The molecule has 12 heteroatoms. The first kappa shape index (κ1) is 37.2. The molecule has 1 heterocycles. The average molecular weight is 663 g/mol. The first-order valence-electron chi connectivity index (χ1n) is 15.7. The Balaban J connectivity index is 1.84. The number of carbonyl (C=O) groups excluding carboxylic acids is 2. The van der Waals surface area contributed by atoms with E-state index in [1.165, 1.54) is 12.1 Å². The minimum atomic E-state index is -3.69. The molecule has 10 nitrogen and oxygen atoms in total. The van der Waals surface area contributed by atoms with Crippen LogP contribution in [0.3, 0.4) is 0 Å². The Bertz CT molecular complexity index is 1390. The number of aliphatic carboxylic acids is 1. The van der Waals surface area contributed by atoms with Gasteiger partial charge in [0.1, 0.15) is 17.0 Å². The van der Waals surface area contributed by atoms with Crippen LogP contribution in [0.1, 0.15) is 73.3 Å². The summed E-state index contributed by atoms with van der Waals surface area (Å²) in [5.74, 6) is -1.61. The van der Waals surface area contributed by atoms with Crippen LogP contribution in [0.4, 0.5) is 14.0 Å². The maximum Gasteiger partial charge on any atom is 0.419 e. The molecular formula is C34H48FN2O8P. The predicted molar refractivity (Wildman–Crippen MR) is 175 cm³/mol. The summed E-state index contributed by atoms with van der Waals surface area (Å²) >= 11 is 0. The second-order valence-corrected chi connectivity index (χ2v) is 16.5. The van der Waals surface area contributed by atoms with Gasteiger partial charge in [0.2, 0.25) is 7.37 Å². The fraction of sp³-hybridized carbons (Fsp3) is 0.559. The van der Waals surface area contributed by atoms with Gasteiger partial charge in [-0.05, 0) is 96.6 Å². The van der Waals surface area contributed by atoms with Crippen LogP contribution >= 0.6 is 7.37 Å². The number of carboxylic acids is 1. The van der Waals surface area contributed by atoms with E-state index in [0.29, 0.717) is 18.7 Å². The molecule has 2 unspecified atom stereocenters. The van der Waals surface area contributed by atoms with E-state index in [9.17, 15) is 28.4 Å². The van der Waals surface area contributed by atoms with E-state index >= 15 is 0 Å². The van der Waals surface area contributed by atoms with Crippen molar-refractivity contribution in [1.29, 1.82) is 0 Å². The number of carboxylic acid groups (broad SMARTS) is 1. The number of carbonyl (C=O) groups is 3. The molecular weight excluding hydrogens is 614 g/mol. The van der Waals surface area contributed by atoms with Gasteiger partial charge in [0.15, 0.2) is 5.16 Å². The standard InChI is InChI=1S/C34H48FN2O8P/c1-8-43-46(42)21-20-36(23-26-16-17-27(35)22-28(26)25-14-10-9-11-15-25)24-34(46,29(38)39)18-12-13-19-37(30(40)44-32(2,3)4)31(41)45-33(5,6)7/h9-11,14-17,22H,8,12-13,18-21,23-24H2,1-7H3,(H,38,39). The predicted octanol–water partition coefficient (Wildman–Crippen LogP) is 7.79. The molecule has 1 saturated heterocycles. The van der Waals surface area contributed by atoms with Gasteiger partial charge >= 0.3 is 18.2 Å². The van der Waals surface area contributed by atoms with Crippen molar-refractivity contribution in [3.63, 3.8) is 0 Å². The molecule has 254 valence electrons. The fourth-order valence-electron chi connectivity index (χ4n) is 5.54. The first-order chi connectivity index (χ1) is 21.4. The van der Waals surface area contributed by atoms with Crippen molar-refractivity contribution < 1.29 is 42.4 Å². The topological polar surface area (TPSA) is 123 Å². The minimum absolute atomic E-state index is 0.0124. The smallest absolute Gasteiger partial charge is 0.419 e. The number of benzene rings is 2. The zero-order valence-corrected chi connectivity index (χ0v) is 28.9. The molecule has 2 amide bonds. The number of nitrogens with zero attached hydrogens (tertiary/aromatic N) is 2. The monoisotopic (exact) mass is 662 g/mol. The lowest BCUT2D eigenvalue weighted by Crippen LogP contribution is -2.54. The van der Waals surface area contributed by atoms with Crippen LogP contribution in [-0.2, 0) is 29.9 Å². The van der Waals surface area contributed by atoms with Crippen LogP contribution in [0.15, 0.2) is 48.5 Å². The van der Waals surface area contributed by atoms with Gasteiger partial charge in [-0.25, -0.2) is 18.9 Å². The highest BCUT2D eigenvalue weighted by Gasteiger charge is 2.58. The highest BCUT2D eigenvalue weighted by Crippen LogP contribution is 2.63. The third kappa shape index (κ3) is 9.62. The number of imide groups is 1. The van der Waals surface area contributed by atoms with Crippen molar-refractivity contribution in [3.05, 3.63) is 59.9 Å². The maximum atomic E-state index is 14.3. The summed E-state index contributed by atoms with van der Waals surface area (Å²) in [6, 6.07) is 13.9. The Morgan fingerprint density at radius 1 is 0.978 bits per heavy atom. The number of hydrogen-bond acceptors (Lipinski definition) is 8. The number of ether oxygens (including phenoxy) is 2. The van der Waals surface area contributed by atoms with Gasteiger partial charge in [0.25, 0.3) is 0 Å². The highest BCUT2D eigenvalue weighted by atomic mass is 31.2. The zero-order valence-electron chi connectivity index (χ0n) is 28.0. The summed E-state index contributed by atoms with van der Waals surface area (Å²) in [5.41, 5.74) is 0.629. The van der Waals surface area contributed by atoms with Gasteiger partial charge in [0, 0.05) is 32.3 Å². The van der Waals surface area contributed by atoms with Crippen LogP contribution in [-0.4, -0.2) is 81.8 Å². The van der Waals surface area contributed by atoms with Crippen molar-refractivity contribution >= 4 is 25.5 Å². The quantitative estimate of drug-likeness (QED) is 0.190. The molecule has 2 atom stereocenters. The highest BCUT2D eigenvalue weighted by molar-refractivity contribution is 7.62. The van der Waals surface area contributed by atoms with Crippen molar-refractivity contribution in [2.45, 2.75) is 90.6 Å². The Labute approximate surface area is 271 Å². The molecule has 2 aromatic rings. The molecule has 0 spiro atoms. The SMILES string of the molecule is CCOP1(=O)CCN(Cc2ccc(F)cc2-c2ccccc2)CC1(CCCCN(C(=O)OC(C)(C)C)C(=O)OC(C)(C)C)C(=O)O. The molecule has 0 bridgehead atoms. The molecule has 1 aliphatic heterocycles. The van der Waals surface area contributed by atoms with E-state index < -0.39 is 41.9 Å². The molecule has 2 aromatic carbocycles. The summed E-state index contributed by atoms with van der Waals surface area (Å²) in [6.45, 7) is 12.4. The number of hydrogen-bond donors (Lipinski definition) is 1. The summed E-state index contributed by atoms with van der Waals surface area (Å²) < 4.78 is 45.2. The van der Waals surface area contributed by atoms with Gasteiger partial charge in [-0.15, -0.1) is 0 Å². The van der Waals surface area contributed by atoms with Crippen molar-refractivity contribution in [2.75, 3.05) is 32.4 Å². The number of rotatable bonds is 11. The lowest BCUT2D eigenvalue weighted by molar-refractivity contribution is -0.141.